The number of piperidine rings is 1. The highest BCUT2D eigenvalue weighted by atomic mass is 32.2. The lowest BCUT2D eigenvalue weighted by molar-refractivity contribution is -0.126. The minimum atomic E-state index is -3.60. The fourth-order valence-corrected chi connectivity index (χ4v) is 4.68. The normalized spacial score (nSPS) is 18.8. The van der Waals surface area contributed by atoms with Crippen LogP contribution < -0.4 is 10.1 Å². The number of unbranched alkanes of at least 4 members (excludes halogenated alkanes) is 1. The Morgan fingerprint density at radius 3 is 2.80 bits per heavy atom. The molecule has 0 bridgehead atoms. The Bertz CT molecular complexity index is 703. The van der Waals surface area contributed by atoms with Crippen LogP contribution in [0.15, 0.2) is 23.1 Å². The standard InChI is InChI=1S/C18H28N2O4S/c1-4-5-10-19-18(21)15-7-6-11-20(13-15)25(22,23)16-8-9-17(24-3)14(2)12-16/h8-9,12,15H,4-7,10-11,13H2,1-3H3,(H,19,21)/t15-/m1/s1. The Morgan fingerprint density at radius 1 is 1.40 bits per heavy atom. The number of benzene rings is 1. The van der Waals surface area contributed by atoms with Crippen LogP contribution in [0.3, 0.4) is 0 Å². The third kappa shape index (κ3) is 4.73. The zero-order chi connectivity index (χ0) is 18.4. The monoisotopic (exact) mass is 368 g/mol. The zero-order valence-corrected chi connectivity index (χ0v) is 16.1. The van der Waals surface area contributed by atoms with Gasteiger partial charge < -0.3 is 10.1 Å². The van der Waals surface area contributed by atoms with Gasteiger partial charge in [0.2, 0.25) is 15.9 Å². The van der Waals surface area contributed by atoms with Gasteiger partial charge in [-0.1, -0.05) is 13.3 Å². The molecule has 1 heterocycles. The van der Waals surface area contributed by atoms with Crippen molar-refractivity contribution < 1.29 is 17.9 Å². The summed E-state index contributed by atoms with van der Waals surface area (Å²) in [4.78, 5) is 12.5. The molecular weight excluding hydrogens is 340 g/mol. The molecule has 1 aromatic carbocycles. The molecule has 0 unspecified atom stereocenters. The molecule has 1 N–H and O–H groups in total. The molecule has 7 heteroatoms. The summed E-state index contributed by atoms with van der Waals surface area (Å²) in [6.07, 6.45) is 3.37. The molecule has 0 radical (unpaired) electrons. The number of hydrogen-bond acceptors (Lipinski definition) is 4. The number of ether oxygens (including phenoxy) is 1. The van der Waals surface area contributed by atoms with Gasteiger partial charge >= 0.3 is 0 Å². The zero-order valence-electron chi connectivity index (χ0n) is 15.2. The number of nitrogens with one attached hydrogen (secondary N) is 1. The molecule has 0 spiro atoms. The van der Waals surface area contributed by atoms with Crippen LogP contribution >= 0.6 is 0 Å². The number of nitrogens with zero attached hydrogens (tertiary/aromatic N) is 1. The number of hydrogen-bond donors (Lipinski definition) is 1. The second-order valence-corrected chi connectivity index (χ2v) is 8.42. The maximum Gasteiger partial charge on any atom is 0.243 e. The van der Waals surface area contributed by atoms with E-state index >= 15 is 0 Å². The van der Waals surface area contributed by atoms with Gasteiger partial charge in [0.15, 0.2) is 0 Å². The first-order chi connectivity index (χ1) is 11.9. The molecule has 2 rings (SSSR count). The van der Waals surface area contributed by atoms with Gasteiger partial charge in [-0.05, 0) is 49.9 Å². The molecule has 1 amide bonds. The molecular formula is C18H28N2O4S. The van der Waals surface area contributed by atoms with Gasteiger partial charge in [-0.15, -0.1) is 0 Å². The molecule has 25 heavy (non-hydrogen) atoms. The first-order valence-corrected chi connectivity index (χ1v) is 10.3. The van der Waals surface area contributed by atoms with E-state index in [0.29, 0.717) is 25.3 Å². The third-order valence-electron chi connectivity index (χ3n) is 4.59. The van der Waals surface area contributed by atoms with E-state index in [1.54, 1.807) is 25.3 Å². The lowest BCUT2D eigenvalue weighted by Gasteiger charge is -2.31. The Morgan fingerprint density at radius 2 is 2.16 bits per heavy atom. The summed E-state index contributed by atoms with van der Waals surface area (Å²) < 4.78 is 32.5. The average Bonchev–Trinajstić information content (AvgIpc) is 2.61. The number of aryl methyl sites for hydroxylation is 1. The van der Waals surface area contributed by atoms with Crippen LogP contribution in [0.5, 0.6) is 5.75 Å². The first kappa shape index (κ1) is 19.7. The Labute approximate surface area is 150 Å². The van der Waals surface area contributed by atoms with E-state index in [-0.39, 0.29) is 23.3 Å². The summed E-state index contributed by atoms with van der Waals surface area (Å²) in [6.45, 7) is 5.23. The Balaban J connectivity index is 2.11. The largest absolute Gasteiger partial charge is 0.496 e. The smallest absolute Gasteiger partial charge is 0.243 e. The van der Waals surface area contributed by atoms with E-state index in [1.807, 2.05) is 6.92 Å². The highest BCUT2D eigenvalue weighted by Crippen LogP contribution is 2.27. The summed E-state index contributed by atoms with van der Waals surface area (Å²) >= 11 is 0. The predicted octanol–water partition coefficient (Wildman–Crippen LogP) is 2.32. The first-order valence-electron chi connectivity index (χ1n) is 8.82. The van der Waals surface area contributed by atoms with Gasteiger partial charge in [-0.2, -0.15) is 4.31 Å². The minimum Gasteiger partial charge on any atom is -0.496 e. The average molecular weight is 368 g/mol. The molecule has 1 aromatic rings. The maximum absolute atomic E-state index is 12.9. The molecule has 0 saturated carbocycles. The van der Waals surface area contributed by atoms with Crippen LogP contribution in [0.25, 0.3) is 0 Å². The van der Waals surface area contributed by atoms with E-state index in [4.69, 9.17) is 4.74 Å². The fraction of sp³-hybridized carbons (Fsp3) is 0.611. The van der Waals surface area contributed by atoms with E-state index in [1.165, 1.54) is 4.31 Å². The molecule has 0 aliphatic carbocycles. The number of sulfonamides is 1. The van der Waals surface area contributed by atoms with Crippen molar-refractivity contribution in [1.82, 2.24) is 9.62 Å². The van der Waals surface area contributed by atoms with Crippen molar-refractivity contribution in [2.75, 3.05) is 26.7 Å². The summed E-state index contributed by atoms with van der Waals surface area (Å²) in [5, 5.41) is 2.91. The number of carbonyl (C=O) groups is 1. The van der Waals surface area contributed by atoms with Crippen molar-refractivity contribution >= 4 is 15.9 Å². The van der Waals surface area contributed by atoms with Crippen molar-refractivity contribution in [2.45, 2.75) is 44.4 Å². The number of carbonyl (C=O) groups excluding carboxylic acids is 1. The van der Waals surface area contributed by atoms with Gasteiger partial charge in [-0.25, -0.2) is 8.42 Å². The van der Waals surface area contributed by atoms with Crippen molar-refractivity contribution in [3.05, 3.63) is 23.8 Å². The van der Waals surface area contributed by atoms with Crippen LogP contribution in [0.2, 0.25) is 0 Å². The molecule has 1 atom stereocenters. The maximum atomic E-state index is 12.9. The quantitative estimate of drug-likeness (QED) is 0.750. The van der Waals surface area contributed by atoms with Crippen LogP contribution in [0, 0.1) is 12.8 Å². The molecule has 1 aliphatic heterocycles. The highest BCUT2D eigenvalue weighted by molar-refractivity contribution is 7.89. The van der Waals surface area contributed by atoms with Gasteiger partial charge in [0, 0.05) is 19.6 Å². The highest BCUT2D eigenvalue weighted by Gasteiger charge is 2.33. The molecule has 1 aliphatic rings. The van der Waals surface area contributed by atoms with E-state index in [9.17, 15) is 13.2 Å². The molecule has 140 valence electrons. The lowest BCUT2D eigenvalue weighted by Crippen LogP contribution is -2.45. The van der Waals surface area contributed by atoms with Crippen LogP contribution in [-0.4, -0.2) is 45.4 Å². The van der Waals surface area contributed by atoms with Gasteiger partial charge in [0.05, 0.1) is 17.9 Å². The van der Waals surface area contributed by atoms with Crippen molar-refractivity contribution in [3.63, 3.8) is 0 Å². The van der Waals surface area contributed by atoms with Crippen molar-refractivity contribution in [1.29, 1.82) is 0 Å². The SMILES string of the molecule is CCCCNC(=O)[C@@H]1CCCN(S(=O)(=O)c2ccc(OC)c(C)c2)C1. The van der Waals surface area contributed by atoms with Gasteiger partial charge in [0.1, 0.15) is 5.75 Å². The molecule has 1 fully saturated rings. The van der Waals surface area contributed by atoms with Gasteiger partial charge in [0.25, 0.3) is 0 Å². The van der Waals surface area contributed by atoms with Crippen LogP contribution in [0.4, 0.5) is 0 Å². The predicted molar refractivity (Wildman–Crippen MR) is 97.1 cm³/mol. The number of methoxy groups -OCH3 is 1. The Hall–Kier alpha value is -1.60. The van der Waals surface area contributed by atoms with Gasteiger partial charge in [-0.3, -0.25) is 4.79 Å². The number of rotatable bonds is 7. The second-order valence-electron chi connectivity index (χ2n) is 6.48. The summed E-state index contributed by atoms with van der Waals surface area (Å²) in [5.74, 6) is 0.338. The number of amides is 1. The van der Waals surface area contributed by atoms with Crippen LogP contribution in [-0.2, 0) is 14.8 Å². The van der Waals surface area contributed by atoms with E-state index in [2.05, 4.69) is 12.2 Å². The molecule has 6 nitrogen and oxygen atoms in total. The second kappa shape index (κ2) is 8.67. The summed E-state index contributed by atoms with van der Waals surface area (Å²) in [6, 6.07) is 4.85. The van der Waals surface area contributed by atoms with E-state index < -0.39 is 10.0 Å². The lowest BCUT2D eigenvalue weighted by atomic mass is 9.99. The van der Waals surface area contributed by atoms with Crippen molar-refractivity contribution in [2.24, 2.45) is 5.92 Å². The molecule has 1 saturated heterocycles. The topological polar surface area (TPSA) is 75.7 Å². The van der Waals surface area contributed by atoms with Crippen LogP contribution in [0.1, 0.15) is 38.2 Å². The minimum absolute atomic E-state index is 0.0424. The molecule has 0 aromatic heterocycles. The Kier molecular flexibility index (Phi) is 6.84. The van der Waals surface area contributed by atoms with Crippen molar-refractivity contribution in [3.8, 4) is 5.75 Å². The van der Waals surface area contributed by atoms with E-state index in [0.717, 1.165) is 24.8 Å². The summed E-state index contributed by atoms with van der Waals surface area (Å²) in [7, 11) is -2.04. The summed E-state index contributed by atoms with van der Waals surface area (Å²) in [5.41, 5.74) is 0.773. The fourth-order valence-electron chi connectivity index (χ4n) is 3.07. The third-order valence-corrected chi connectivity index (χ3v) is 6.45.